The Morgan fingerprint density at radius 1 is 1.08 bits per heavy atom. The van der Waals surface area contributed by atoms with Gasteiger partial charge in [-0.05, 0) is 49.2 Å². The van der Waals surface area contributed by atoms with Crippen LogP contribution in [0.5, 0.6) is 0 Å². The topological polar surface area (TPSA) is 41.6 Å². The van der Waals surface area contributed by atoms with E-state index in [1.165, 1.54) is 16.7 Å². The number of nitrogens with zero attached hydrogens (tertiary/aromatic N) is 2. The lowest BCUT2D eigenvalue weighted by atomic mass is 9.74. The van der Waals surface area contributed by atoms with E-state index < -0.39 is 0 Å². The monoisotopic (exact) mass is 365 g/mol. The summed E-state index contributed by atoms with van der Waals surface area (Å²) in [4.78, 5) is 2.53. The van der Waals surface area contributed by atoms with Gasteiger partial charge in [0.15, 0.2) is 0 Å². The third kappa shape index (κ3) is 3.29. The lowest BCUT2D eigenvalue weighted by Crippen LogP contribution is -2.41. The van der Waals surface area contributed by atoms with E-state index in [2.05, 4.69) is 46.4 Å². The molecule has 3 nitrogen and oxygen atoms in total. The van der Waals surface area contributed by atoms with E-state index in [0.717, 1.165) is 49.6 Å². The lowest BCUT2D eigenvalue weighted by Gasteiger charge is -2.39. The van der Waals surface area contributed by atoms with Gasteiger partial charge < -0.3 is 5.84 Å². The molecule has 134 valence electrons. The minimum atomic E-state index is 0.227. The highest BCUT2D eigenvalue weighted by atomic mass is 35.5. The molecule has 4 rings (SSSR count). The van der Waals surface area contributed by atoms with Crippen molar-refractivity contribution in [2.75, 3.05) is 19.6 Å². The van der Waals surface area contributed by atoms with E-state index in [9.17, 15) is 0 Å². The molecular formula is C22H24ClN3. The molecule has 26 heavy (non-hydrogen) atoms. The number of benzene rings is 2. The summed E-state index contributed by atoms with van der Waals surface area (Å²) in [5, 5.41) is 4.85. The van der Waals surface area contributed by atoms with E-state index in [-0.39, 0.29) is 5.41 Å². The van der Waals surface area contributed by atoms with Gasteiger partial charge in [-0.3, -0.25) is 4.90 Å². The zero-order valence-electron chi connectivity index (χ0n) is 14.9. The summed E-state index contributed by atoms with van der Waals surface area (Å²) in [6, 6.07) is 16.6. The minimum Gasteiger partial charge on any atom is -0.323 e. The van der Waals surface area contributed by atoms with Gasteiger partial charge in [0.25, 0.3) is 0 Å². The predicted octanol–water partition coefficient (Wildman–Crippen LogP) is 4.45. The number of hydrogen-bond acceptors (Lipinski definition) is 3. The summed E-state index contributed by atoms with van der Waals surface area (Å²) in [5.41, 5.74) is 5.19. The first-order chi connectivity index (χ1) is 12.7. The number of hydrazone groups is 1. The molecule has 0 atom stereocenters. The van der Waals surface area contributed by atoms with Crippen molar-refractivity contribution in [3.63, 3.8) is 0 Å². The molecular weight excluding hydrogens is 342 g/mol. The van der Waals surface area contributed by atoms with Crippen LogP contribution in [0.25, 0.3) is 6.08 Å². The van der Waals surface area contributed by atoms with Crippen LogP contribution >= 0.6 is 11.6 Å². The average Bonchev–Trinajstić information content (AvgIpc) is 2.99. The van der Waals surface area contributed by atoms with Crippen LogP contribution in [0.1, 0.15) is 36.0 Å². The maximum absolute atomic E-state index is 5.93. The Bertz CT molecular complexity index is 831. The first-order valence-corrected chi connectivity index (χ1v) is 9.59. The Hall–Kier alpha value is -2.10. The van der Waals surface area contributed by atoms with Crippen molar-refractivity contribution in [1.29, 1.82) is 0 Å². The fraction of sp³-hybridized carbons (Fsp3) is 0.318. The number of fused-ring (bicyclic) bond motifs is 2. The van der Waals surface area contributed by atoms with E-state index in [0.29, 0.717) is 0 Å². The lowest BCUT2D eigenvalue weighted by molar-refractivity contribution is 0.179. The smallest absolute Gasteiger partial charge is 0.0684 e. The quantitative estimate of drug-likeness (QED) is 0.644. The molecule has 0 bridgehead atoms. The molecule has 1 heterocycles. The van der Waals surface area contributed by atoms with Gasteiger partial charge in [-0.25, -0.2) is 0 Å². The second-order valence-corrected chi connectivity index (χ2v) is 7.77. The fourth-order valence-corrected chi connectivity index (χ4v) is 4.47. The Morgan fingerprint density at radius 3 is 2.54 bits per heavy atom. The molecule has 0 amide bonds. The minimum absolute atomic E-state index is 0.227. The van der Waals surface area contributed by atoms with Gasteiger partial charge in [-0.1, -0.05) is 60.2 Å². The Morgan fingerprint density at radius 2 is 1.81 bits per heavy atom. The zero-order chi connectivity index (χ0) is 18.0. The Kier molecular flexibility index (Phi) is 4.84. The molecule has 0 saturated carbocycles. The number of hydrogen-bond donors (Lipinski definition) is 1. The van der Waals surface area contributed by atoms with Gasteiger partial charge in [-0.15, -0.1) is 0 Å². The van der Waals surface area contributed by atoms with Gasteiger partial charge in [0, 0.05) is 29.0 Å². The van der Waals surface area contributed by atoms with Crippen molar-refractivity contribution >= 4 is 23.4 Å². The number of rotatable bonds is 3. The Balaban J connectivity index is 1.39. The summed E-state index contributed by atoms with van der Waals surface area (Å²) in [7, 11) is 0. The molecule has 0 aromatic heterocycles. The predicted molar refractivity (Wildman–Crippen MR) is 110 cm³/mol. The first kappa shape index (κ1) is 17.3. The summed E-state index contributed by atoms with van der Waals surface area (Å²) in [6.45, 7) is 3.20. The van der Waals surface area contributed by atoms with Crippen molar-refractivity contribution in [2.24, 2.45) is 10.9 Å². The molecule has 0 unspecified atom stereocenters. The highest BCUT2D eigenvalue weighted by Crippen LogP contribution is 2.46. The number of likely N-dealkylation sites (tertiary alicyclic amines) is 1. The van der Waals surface area contributed by atoms with Crippen LogP contribution in [-0.2, 0) is 5.41 Å². The van der Waals surface area contributed by atoms with Crippen LogP contribution in [0.15, 0.2) is 59.7 Å². The highest BCUT2D eigenvalue weighted by molar-refractivity contribution is 6.30. The summed E-state index contributed by atoms with van der Waals surface area (Å²) < 4.78 is 0. The van der Waals surface area contributed by atoms with Crippen molar-refractivity contribution in [1.82, 2.24) is 4.90 Å². The van der Waals surface area contributed by atoms with Gasteiger partial charge in [0.05, 0.1) is 5.71 Å². The van der Waals surface area contributed by atoms with Gasteiger partial charge >= 0.3 is 0 Å². The third-order valence-electron chi connectivity index (χ3n) is 5.83. The molecule has 1 saturated heterocycles. The van der Waals surface area contributed by atoms with E-state index in [1.54, 1.807) is 0 Å². The molecule has 2 aromatic rings. The molecule has 4 heteroatoms. The van der Waals surface area contributed by atoms with Gasteiger partial charge in [-0.2, -0.15) is 5.10 Å². The molecule has 1 aliphatic carbocycles. The number of halogens is 1. The highest BCUT2D eigenvalue weighted by Gasteiger charge is 2.43. The maximum Gasteiger partial charge on any atom is 0.0684 e. The number of nitrogens with two attached hydrogens (primary N) is 1. The first-order valence-electron chi connectivity index (χ1n) is 9.21. The Labute approximate surface area is 160 Å². The van der Waals surface area contributed by atoms with Crippen LogP contribution in [-0.4, -0.2) is 30.2 Å². The second kappa shape index (κ2) is 7.26. The standard InChI is InChI=1S/C22H24ClN3/c23-18-9-7-17(8-10-18)4-3-13-26-14-11-22(12-15-26)16-21(25-24)19-5-1-2-6-20(19)22/h1-10H,11-16,24H2/b4-3+,25-21+. The molecule has 2 aromatic carbocycles. The van der Waals surface area contributed by atoms with Crippen LogP contribution in [0.3, 0.4) is 0 Å². The van der Waals surface area contributed by atoms with Gasteiger partial charge in [0.2, 0.25) is 0 Å². The third-order valence-corrected chi connectivity index (χ3v) is 6.08. The van der Waals surface area contributed by atoms with E-state index in [1.807, 2.05) is 24.3 Å². The van der Waals surface area contributed by atoms with Crippen LogP contribution in [0.4, 0.5) is 0 Å². The summed E-state index contributed by atoms with van der Waals surface area (Å²) in [6.07, 6.45) is 7.73. The van der Waals surface area contributed by atoms with Crippen LogP contribution in [0.2, 0.25) is 5.02 Å². The molecule has 0 radical (unpaired) electrons. The van der Waals surface area contributed by atoms with E-state index in [4.69, 9.17) is 17.4 Å². The maximum atomic E-state index is 5.93. The van der Waals surface area contributed by atoms with Crippen molar-refractivity contribution in [3.8, 4) is 0 Å². The average molecular weight is 366 g/mol. The number of piperidine rings is 1. The summed E-state index contributed by atoms with van der Waals surface area (Å²) >= 11 is 5.93. The molecule has 1 aliphatic heterocycles. The molecule has 2 aliphatic rings. The normalized spacial score (nSPS) is 20.9. The second-order valence-electron chi connectivity index (χ2n) is 7.33. The fourth-order valence-electron chi connectivity index (χ4n) is 4.34. The SMILES string of the molecule is N/N=C1\CC2(CCN(C/C=C/c3ccc(Cl)cc3)CC2)c2ccccc21. The molecule has 1 fully saturated rings. The van der Waals surface area contributed by atoms with Gasteiger partial charge in [0.1, 0.15) is 0 Å². The van der Waals surface area contributed by atoms with Crippen molar-refractivity contribution in [2.45, 2.75) is 24.7 Å². The van der Waals surface area contributed by atoms with Crippen LogP contribution < -0.4 is 5.84 Å². The van der Waals surface area contributed by atoms with Crippen molar-refractivity contribution < 1.29 is 0 Å². The van der Waals surface area contributed by atoms with E-state index >= 15 is 0 Å². The summed E-state index contributed by atoms with van der Waals surface area (Å²) in [5.74, 6) is 5.66. The van der Waals surface area contributed by atoms with Crippen molar-refractivity contribution in [3.05, 3.63) is 76.3 Å². The molecule has 2 N–H and O–H groups in total. The van der Waals surface area contributed by atoms with Crippen LogP contribution in [0, 0.1) is 0 Å². The largest absolute Gasteiger partial charge is 0.323 e. The zero-order valence-corrected chi connectivity index (χ0v) is 15.6. The molecule has 1 spiro atoms.